The molecule has 1 saturated heterocycles. The molecule has 0 bridgehead atoms. The minimum absolute atomic E-state index is 0.0240. The molecule has 17 heteroatoms. The van der Waals surface area contributed by atoms with Gasteiger partial charge in [0.25, 0.3) is 11.8 Å². The van der Waals surface area contributed by atoms with Gasteiger partial charge in [-0.1, -0.05) is 203 Å². The lowest BCUT2D eigenvalue weighted by molar-refractivity contribution is -0.158. The van der Waals surface area contributed by atoms with E-state index in [1.54, 1.807) is 0 Å². The fourth-order valence-electron chi connectivity index (χ4n) is 7.89. The van der Waals surface area contributed by atoms with Crippen LogP contribution in [0.5, 0.6) is 0 Å². The topological polar surface area (TPSA) is 188 Å². The molecule has 64 heavy (non-hydrogen) atoms. The molecule has 5 N–H and O–H groups in total. The number of hydrogen-bond donors (Lipinski definition) is 3. The van der Waals surface area contributed by atoms with Crippen LogP contribution < -0.4 is 16.8 Å². The van der Waals surface area contributed by atoms with E-state index in [0.29, 0.717) is 22.1 Å². The summed E-state index contributed by atoms with van der Waals surface area (Å²) in [4.78, 5) is 56.7. The second-order valence-corrected chi connectivity index (χ2v) is 18.6. The van der Waals surface area contributed by atoms with Crippen molar-refractivity contribution in [2.75, 3.05) is 11.5 Å². The van der Waals surface area contributed by atoms with Crippen LogP contribution in [0.4, 0.5) is 10.3 Å². The zero-order valence-corrected chi connectivity index (χ0v) is 36.8. The monoisotopic (exact) mass is 924 g/mol. The van der Waals surface area contributed by atoms with Gasteiger partial charge in [-0.2, -0.15) is 0 Å². The van der Waals surface area contributed by atoms with E-state index >= 15 is 0 Å². The third kappa shape index (κ3) is 8.35. The average Bonchev–Trinajstić information content (AvgIpc) is 3.91. The first-order valence-electron chi connectivity index (χ1n) is 20.0. The van der Waals surface area contributed by atoms with E-state index in [0.717, 1.165) is 50.5 Å². The zero-order valence-electron chi connectivity index (χ0n) is 33.6. The highest BCUT2D eigenvalue weighted by molar-refractivity contribution is 8.04. The molecule has 7 aromatic rings. The normalized spacial score (nSPS) is 16.2. The Labute approximate surface area is 384 Å². The van der Waals surface area contributed by atoms with Gasteiger partial charge in [-0.3, -0.25) is 14.5 Å². The van der Waals surface area contributed by atoms with Crippen molar-refractivity contribution in [3.63, 3.8) is 0 Å². The van der Waals surface area contributed by atoms with E-state index < -0.39 is 41.6 Å². The molecule has 0 saturated carbocycles. The summed E-state index contributed by atoms with van der Waals surface area (Å²) in [6.45, 7) is 0. The van der Waals surface area contributed by atoms with Crippen molar-refractivity contribution in [3.05, 3.63) is 200 Å². The Kier molecular flexibility index (Phi) is 12.3. The van der Waals surface area contributed by atoms with E-state index in [4.69, 9.17) is 32.6 Å². The molecule has 2 amide bonds. The number of carbonyl (C=O) groups is 3. The number of aromatic nitrogens is 3. The van der Waals surface area contributed by atoms with Gasteiger partial charge in [0.05, 0.1) is 6.04 Å². The summed E-state index contributed by atoms with van der Waals surface area (Å²) in [6.07, 6.45) is -0.0534. The fraction of sp³-hybridized carbons (Fsp3) is 0.128. The van der Waals surface area contributed by atoms with Crippen molar-refractivity contribution >= 4 is 79.8 Å². The summed E-state index contributed by atoms with van der Waals surface area (Å²) >= 11 is 10.0. The number of ether oxygens (including phenoxy) is 1. The number of esters is 1. The van der Waals surface area contributed by atoms with Crippen LogP contribution in [-0.2, 0) is 29.6 Å². The Morgan fingerprint density at radius 3 is 1.80 bits per heavy atom. The number of benzene rings is 5. The molecule has 2 unspecified atom stereocenters. The Bertz CT molecular complexity index is 2730. The first-order chi connectivity index (χ1) is 31.2. The fourth-order valence-corrected chi connectivity index (χ4v) is 10.7. The van der Waals surface area contributed by atoms with Gasteiger partial charge in [-0.05, 0) is 24.0 Å². The minimum Gasteiger partial charge on any atom is -0.448 e. The molecule has 320 valence electrons. The number of oxime groups is 1. The van der Waals surface area contributed by atoms with Gasteiger partial charge in [0.15, 0.2) is 21.3 Å². The Balaban J connectivity index is 1.06. The number of carbonyl (C=O) groups excluding carboxylic acids is 3. The van der Waals surface area contributed by atoms with Crippen LogP contribution in [0, 0.1) is 0 Å². The number of halogens is 1. The molecule has 0 spiro atoms. The van der Waals surface area contributed by atoms with Crippen LogP contribution in [0.3, 0.4) is 0 Å². The number of nitrogens with two attached hydrogens (primary N) is 2. The molecule has 2 atom stereocenters. The number of rotatable bonds is 14. The van der Waals surface area contributed by atoms with Crippen molar-refractivity contribution in [1.29, 1.82) is 0 Å². The second-order valence-electron chi connectivity index (χ2n) is 14.6. The van der Waals surface area contributed by atoms with Crippen molar-refractivity contribution in [1.82, 2.24) is 25.4 Å². The van der Waals surface area contributed by atoms with Gasteiger partial charge in [0, 0.05) is 21.6 Å². The quantitative estimate of drug-likeness (QED) is 0.0313. The van der Waals surface area contributed by atoms with Crippen LogP contribution in [0.2, 0.25) is 4.34 Å². The van der Waals surface area contributed by atoms with Crippen LogP contribution in [0.1, 0.15) is 52.5 Å². The number of β-lactam (4-membered cyclic amide) rings is 1. The van der Waals surface area contributed by atoms with E-state index in [9.17, 15) is 14.4 Å². The third-order valence-electron chi connectivity index (χ3n) is 10.8. The lowest BCUT2D eigenvalue weighted by atomic mass is 9.80. The number of nitrogens with zero attached hydrogens (tertiary/aromatic N) is 5. The molecule has 2 aliphatic rings. The number of fused-ring (bicyclic) bond motifs is 1. The molecule has 9 rings (SSSR count). The van der Waals surface area contributed by atoms with E-state index in [2.05, 4.69) is 25.7 Å². The maximum absolute atomic E-state index is 14.7. The Morgan fingerprint density at radius 2 is 1.31 bits per heavy atom. The summed E-state index contributed by atoms with van der Waals surface area (Å²) < 4.78 is 6.91. The summed E-state index contributed by atoms with van der Waals surface area (Å²) in [6, 6.07) is 45.5. The van der Waals surface area contributed by atoms with Gasteiger partial charge in [0.1, 0.15) is 21.8 Å². The molecular formula is C47H37ClN8O5S3. The van der Waals surface area contributed by atoms with Crippen molar-refractivity contribution in [2.45, 2.75) is 41.0 Å². The zero-order chi connectivity index (χ0) is 44.2. The lowest BCUT2D eigenvalue weighted by Gasteiger charge is -2.50. The van der Waals surface area contributed by atoms with Gasteiger partial charge in [0.2, 0.25) is 10.7 Å². The molecule has 1 fully saturated rings. The van der Waals surface area contributed by atoms with Crippen molar-refractivity contribution in [3.8, 4) is 0 Å². The largest absolute Gasteiger partial charge is 0.448 e. The predicted octanol–water partition coefficient (Wildman–Crippen LogP) is 8.35. The first kappa shape index (κ1) is 42.5. The van der Waals surface area contributed by atoms with Gasteiger partial charge >= 0.3 is 5.97 Å². The minimum atomic E-state index is -1.36. The summed E-state index contributed by atoms with van der Waals surface area (Å²) in [5, 5.41) is 15.9. The predicted molar refractivity (Wildman–Crippen MR) is 248 cm³/mol. The van der Waals surface area contributed by atoms with Crippen molar-refractivity contribution < 1.29 is 24.0 Å². The molecule has 0 radical (unpaired) electrons. The van der Waals surface area contributed by atoms with Crippen LogP contribution >= 0.6 is 46.0 Å². The number of nitrogen functional groups attached to an aromatic ring is 2. The SMILES string of the molecule is Nc1nnc(SC2=C(C(=O)OC(c3ccccc3)c3ccccc3)N3C(=O)C(NC(=O)/C(=N/OC(c4ccccc4)(c4ccccc4)c4ccccc4)c4nc(N)sc4Cl)C3CC2)s1. The number of amides is 2. The average molecular weight is 926 g/mol. The highest BCUT2D eigenvalue weighted by atomic mass is 35.5. The summed E-state index contributed by atoms with van der Waals surface area (Å²) in [5.41, 5.74) is 14.0. The molecular weight excluding hydrogens is 888 g/mol. The number of nitrogens with one attached hydrogen (secondary N) is 1. The summed E-state index contributed by atoms with van der Waals surface area (Å²) in [5.74, 6) is -2.05. The number of anilines is 2. The highest BCUT2D eigenvalue weighted by Crippen LogP contribution is 2.46. The number of hydrogen-bond acceptors (Lipinski definition) is 14. The molecule has 2 aromatic heterocycles. The smallest absolute Gasteiger partial charge is 0.356 e. The van der Waals surface area contributed by atoms with Crippen LogP contribution in [-0.4, -0.2) is 55.7 Å². The van der Waals surface area contributed by atoms with E-state index in [1.165, 1.54) is 16.7 Å². The van der Waals surface area contributed by atoms with Gasteiger partial charge in [-0.25, -0.2) is 9.78 Å². The van der Waals surface area contributed by atoms with E-state index in [-0.39, 0.29) is 31.7 Å². The maximum Gasteiger partial charge on any atom is 0.356 e. The van der Waals surface area contributed by atoms with Crippen LogP contribution in [0.15, 0.2) is 172 Å². The highest BCUT2D eigenvalue weighted by Gasteiger charge is 2.54. The van der Waals surface area contributed by atoms with Crippen LogP contribution in [0.25, 0.3) is 0 Å². The number of allylic oxidation sites excluding steroid dienone is 1. The maximum atomic E-state index is 14.7. The van der Waals surface area contributed by atoms with Gasteiger partial charge in [-0.15, -0.1) is 10.2 Å². The molecule has 4 heterocycles. The molecule has 13 nitrogen and oxygen atoms in total. The van der Waals surface area contributed by atoms with Gasteiger partial charge < -0.3 is 26.4 Å². The molecule has 2 aliphatic heterocycles. The van der Waals surface area contributed by atoms with E-state index in [1.807, 2.05) is 152 Å². The molecule has 5 aromatic carbocycles. The number of thiazole rings is 1. The second kappa shape index (κ2) is 18.5. The lowest BCUT2D eigenvalue weighted by Crippen LogP contribution is -2.72. The third-order valence-corrected chi connectivity index (χ3v) is 13.8. The standard InChI is InChI=1S/C47H37ClN8O5S3/c48-40-36(52-44(49)63-40)37(55-61-47(30-20-10-3-11-21-30,31-22-12-4-13-23-31)32-24-14-5-15-25-32)41(57)51-35-33-26-27-34(62-46-54-53-45(50)64-46)38(56(33)42(35)58)43(59)60-39(28-16-6-1-7-17-28)29-18-8-2-9-19-29/h1-25,33,35,39H,26-27H2,(H2,49,52)(H2,50,53)(H,51,57)/b55-37+. The van der Waals surface area contributed by atoms with Crippen molar-refractivity contribution in [2.24, 2.45) is 5.16 Å². The summed E-state index contributed by atoms with van der Waals surface area (Å²) in [7, 11) is 0. The number of thioether (sulfide) groups is 1. The Hall–Kier alpha value is -6.85. The molecule has 0 aliphatic carbocycles. The Morgan fingerprint density at radius 1 is 0.781 bits per heavy atom. The first-order valence-corrected chi connectivity index (χ1v) is 22.8.